The molecule has 0 aliphatic carbocycles. The molecular formula is C50H31N5S. The van der Waals surface area contributed by atoms with Gasteiger partial charge in [-0.3, -0.25) is 4.98 Å². The Morgan fingerprint density at radius 1 is 0.393 bits per heavy atom. The van der Waals surface area contributed by atoms with Crippen LogP contribution >= 0.6 is 11.3 Å². The van der Waals surface area contributed by atoms with E-state index in [1.54, 1.807) is 11.3 Å². The Labute approximate surface area is 326 Å². The van der Waals surface area contributed by atoms with Crippen molar-refractivity contribution in [3.63, 3.8) is 0 Å². The molecule has 11 rings (SSSR count). The van der Waals surface area contributed by atoms with Crippen molar-refractivity contribution in [2.24, 2.45) is 0 Å². The standard InChI is InChI=1S/C50H31N5S/c1-3-14-32(15-4-1)34-18-13-19-35(28-34)49-52-48(33-16-5-2-6-17-33)53-50(54-49)37-29-36(39-26-27-51-46-42-22-9-12-25-45(42)56-47(39)46)30-38(31-37)55-43-23-10-7-20-40(43)41-21-8-11-24-44(41)55/h1-31H. The molecule has 0 unspecified atom stereocenters. The number of benzene rings is 7. The number of aromatic nitrogens is 5. The molecule has 56 heavy (non-hydrogen) atoms. The molecule has 7 aromatic carbocycles. The smallest absolute Gasteiger partial charge is 0.164 e. The highest BCUT2D eigenvalue weighted by atomic mass is 32.1. The fourth-order valence-electron chi connectivity index (χ4n) is 7.88. The van der Waals surface area contributed by atoms with Gasteiger partial charge in [-0.15, -0.1) is 11.3 Å². The van der Waals surface area contributed by atoms with Crippen LogP contribution in [0.15, 0.2) is 188 Å². The molecule has 5 nitrogen and oxygen atoms in total. The molecule has 0 aliphatic rings. The first kappa shape index (κ1) is 32.2. The van der Waals surface area contributed by atoms with E-state index in [0.717, 1.165) is 65.9 Å². The van der Waals surface area contributed by atoms with Gasteiger partial charge in [0.05, 0.1) is 21.3 Å². The fraction of sp³-hybridized carbons (Fsp3) is 0. The van der Waals surface area contributed by atoms with Crippen LogP contribution in [-0.4, -0.2) is 24.5 Å². The summed E-state index contributed by atoms with van der Waals surface area (Å²) < 4.78 is 4.73. The lowest BCUT2D eigenvalue weighted by molar-refractivity contribution is 1.07. The predicted molar refractivity (Wildman–Crippen MR) is 232 cm³/mol. The molecule has 0 saturated carbocycles. The van der Waals surface area contributed by atoms with Crippen molar-refractivity contribution in [3.05, 3.63) is 188 Å². The van der Waals surface area contributed by atoms with E-state index in [-0.39, 0.29) is 0 Å². The zero-order chi connectivity index (χ0) is 37.0. The summed E-state index contributed by atoms with van der Waals surface area (Å²) in [6.07, 6.45) is 1.93. The van der Waals surface area contributed by atoms with E-state index in [0.29, 0.717) is 17.5 Å². The van der Waals surface area contributed by atoms with E-state index in [1.165, 1.54) is 20.9 Å². The van der Waals surface area contributed by atoms with Crippen molar-refractivity contribution < 1.29 is 0 Å². The lowest BCUT2D eigenvalue weighted by atomic mass is 10.0. The minimum Gasteiger partial charge on any atom is -0.309 e. The molecule has 0 bridgehead atoms. The molecule has 262 valence electrons. The van der Waals surface area contributed by atoms with Crippen LogP contribution in [0.3, 0.4) is 0 Å². The van der Waals surface area contributed by atoms with Gasteiger partial charge in [0, 0.05) is 55.0 Å². The predicted octanol–water partition coefficient (Wildman–Crippen LogP) is 13.1. The first-order valence-electron chi connectivity index (χ1n) is 18.6. The average Bonchev–Trinajstić information content (AvgIpc) is 3.83. The van der Waals surface area contributed by atoms with Gasteiger partial charge in [0.25, 0.3) is 0 Å². The van der Waals surface area contributed by atoms with E-state index >= 15 is 0 Å². The van der Waals surface area contributed by atoms with E-state index in [2.05, 4.69) is 162 Å². The summed E-state index contributed by atoms with van der Waals surface area (Å²) in [5.41, 5.74) is 11.5. The first-order valence-corrected chi connectivity index (χ1v) is 19.4. The third-order valence-electron chi connectivity index (χ3n) is 10.5. The Balaban J connectivity index is 1.19. The van der Waals surface area contributed by atoms with Crippen molar-refractivity contribution in [3.8, 4) is 62.1 Å². The minimum absolute atomic E-state index is 0.601. The normalized spacial score (nSPS) is 11.6. The van der Waals surface area contributed by atoms with Gasteiger partial charge < -0.3 is 4.57 Å². The molecule has 6 heteroatoms. The molecule has 0 N–H and O–H groups in total. The van der Waals surface area contributed by atoms with Crippen LogP contribution in [0.2, 0.25) is 0 Å². The van der Waals surface area contributed by atoms with Crippen LogP contribution in [0.25, 0.3) is 104 Å². The average molecular weight is 734 g/mol. The van der Waals surface area contributed by atoms with Crippen LogP contribution in [0.5, 0.6) is 0 Å². The highest BCUT2D eigenvalue weighted by molar-refractivity contribution is 7.26. The highest BCUT2D eigenvalue weighted by Gasteiger charge is 2.19. The van der Waals surface area contributed by atoms with Gasteiger partial charge in [0.15, 0.2) is 17.5 Å². The van der Waals surface area contributed by atoms with E-state index < -0.39 is 0 Å². The highest BCUT2D eigenvalue weighted by Crippen LogP contribution is 2.41. The Hall–Kier alpha value is -7.28. The zero-order valence-electron chi connectivity index (χ0n) is 30.0. The summed E-state index contributed by atoms with van der Waals surface area (Å²) in [5.74, 6) is 1.84. The quantitative estimate of drug-likeness (QED) is 0.171. The maximum absolute atomic E-state index is 5.27. The number of hydrogen-bond acceptors (Lipinski definition) is 5. The molecule has 0 amide bonds. The molecule has 4 aromatic heterocycles. The molecule has 11 aromatic rings. The van der Waals surface area contributed by atoms with Crippen LogP contribution < -0.4 is 0 Å². The van der Waals surface area contributed by atoms with Crippen LogP contribution in [-0.2, 0) is 0 Å². The third-order valence-corrected chi connectivity index (χ3v) is 11.7. The lowest BCUT2D eigenvalue weighted by Gasteiger charge is -2.15. The SMILES string of the molecule is c1ccc(-c2cccc(-c3nc(-c4ccccc4)nc(-c4cc(-c5ccnc6c5sc5ccccc56)cc(-n5c6ccccc6c6ccccc65)c4)n3)c2)cc1. The summed E-state index contributed by atoms with van der Waals surface area (Å²) in [4.78, 5) is 20.5. The molecule has 0 spiro atoms. The molecular weight excluding hydrogens is 703 g/mol. The van der Waals surface area contributed by atoms with Crippen molar-refractivity contribution >= 4 is 53.4 Å². The Bertz CT molecular complexity index is 3200. The Morgan fingerprint density at radius 3 is 1.66 bits per heavy atom. The van der Waals surface area contributed by atoms with Gasteiger partial charge in [-0.1, -0.05) is 133 Å². The maximum Gasteiger partial charge on any atom is 0.164 e. The summed E-state index contributed by atoms with van der Waals surface area (Å²) >= 11 is 1.78. The fourth-order valence-corrected chi connectivity index (χ4v) is 9.07. The summed E-state index contributed by atoms with van der Waals surface area (Å²) in [6, 6.07) is 63.7. The van der Waals surface area contributed by atoms with Gasteiger partial charge >= 0.3 is 0 Å². The minimum atomic E-state index is 0.601. The second-order valence-electron chi connectivity index (χ2n) is 13.9. The molecule has 4 heterocycles. The van der Waals surface area contributed by atoms with Crippen LogP contribution in [0, 0.1) is 0 Å². The first-order chi connectivity index (χ1) is 27.7. The van der Waals surface area contributed by atoms with Crippen molar-refractivity contribution in [2.75, 3.05) is 0 Å². The van der Waals surface area contributed by atoms with Crippen molar-refractivity contribution in [1.29, 1.82) is 0 Å². The second-order valence-corrected chi connectivity index (χ2v) is 14.9. The topological polar surface area (TPSA) is 56.5 Å². The number of fused-ring (bicyclic) bond motifs is 6. The van der Waals surface area contributed by atoms with Gasteiger partial charge in [-0.25, -0.2) is 15.0 Å². The summed E-state index contributed by atoms with van der Waals surface area (Å²) in [7, 11) is 0. The largest absolute Gasteiger partial charge is 0.309 e. The number of nitrogens with zero attached hydrogens (tertiary/aromatic N) is 5. The van der Waals surface area contributed by atoms with Crippen molar-refractivity contribution in [2.45, 2.75) is 0 Å². The van der Waals surface area contributed by atoms with E-state index in [9.17, 15) is 0 Å². The van der Waals surface area contributed by atoms with Gasteiger partial charge in [-0.05, 0) is 65.2 Å². The van der Waals surface area contributed by atoms with Crippen LogP contribution in [0.4, 0.5) is 0 Å². The number of pyridine rings is 1. The summed E-state index contributed by atoms with van der Waals surface area (Å²) in [5, 5.41) is 3.58. The Morgan fingerprint density at radius 2 is 0.929 bits per heavy atom. The number of hydrogen-bond donors (Lipinski definition) is 0. The Kier molecular flexibility index (Phi) is 7.60. The molecule has 0 saturated heterocycles. The van der Waals surface area contributed by atoms with Gasteiger partial charge in [-0.2, -0.15) is 0 Å². The molecule has 0 aliphatic heterocycles. The van der Waals surface area contributed by atoms with Gasteiger partial charge in [0.2, 0.25) is 0 Å². The lowest BCUT2D eigenvalue weighted by Crippen LogP contribution is -2.02. The van der Waals surface area contributed by atoms with Gasteiger partial charge in [0.1, 0.15) is 0 Å². The summed E-state index contributed by atoms with van der Waals surface area (Å²) in [6.45, 7) is 0. The van der Waals surface area contributed by atoms with E-state index in [4.69, 9.17) is 19.9 Å². The molecule has 0 radical (unpaired) electrons. The van der Waals surface area contributed by atoms with E-state index in [1.807, 2.05) is 30.5 Å². The zero-order valence-corrected chi connectivity index (χ0v) is 30.9. The monoisotopic (exact) mass is 733 g/mol. The van der Waals surface area contributed by atoms with Crippen LogP contribution in [0.1, 0.15) is 0 Å². The molecule has 0 atom stereocenters. The number of para-hydroxylation sites is 2. The van der Waals surface area contributed by atoms with Crippen molar-refractivity contribution in [1.82, 2.24) is 24.5 Å². The number of thiophene rings is 1. The molecule has 0 fully saturated rings. The maximum atomic E-state index is 5.27. The third kappa shape index (κ3) is 5.46. The second kappa shape index (κ2) is 13.2. The number of rotatable bonds is 6.